The van der Waals surface area contributed by atoms with E-state index in [0.717, 1.165) is 0 Å². The Balaban J connectivity index is 1.95. The lowest BCUT2D eigenvalue weighted by atomic mass is 10.3. The Labute approximate surface area is 157 Å². The maximum atomic E-state index is 12.4. The number of hydrogen-bond acceptors (Lipinski definition) is 7. The molecule has 10 heteroatoms. The van der Waals surface area contributed by atoms with Crippen LogP contribution in [0.1, 0.15) is 18.4 Å². The molecular formula is C17H21N3O6S. The summed E-state index contributed by atoms with van der Waals surface area (Å²) in [6, 6.07) is 7.64. The summed E-state index contributed by atoms with van der Waals surface area (Å²) >= 11 is 0. The van der Waals surface area contributed by atoms with Gasteiger partial charge in [-0.1, -0.05) is 23.4 Å². The van der Waals surface area contributed by atoms with Crippen LogP contribution in [0.4, 0.5) is 5.69 Å². The maximum absolute atomic E-state index is 12.4. The standard InChI is InChI=1S/C17H21N3O6S/c1-11-16(13(3)26-18-11)27(23,24)19-12(2)17(22)25-10-15(21)20(4)14-8-6-5-7-9-14/h5-9,12,19H,10H2,1-4H3/t12-/m0/s1. The van der Waals surface area contributed by atoms with Gasteiger partial charge in [-0.25, -0.2) is 8.42 Å². The van der Waals surface area contributed by atoms with Gasteiger partial charge in [0.05, 0.1) is 0 Å². The summed E-state index contributed by atoms with van der Waals surface area (Å²) in [6.45, 7) is 3.74. The van der Waals surface area contributed by atoms with Crippen LogP contribution in [0.3, 0.4) is 0 Å². The summed E-state index contributed by atoms with van der Waals surface area (Å²) in [7, 11) is -2.47. The topological polar surface area (TPSA) is 119 Å². The van der Waals surface area contributed by atoms with Crippen molar-refractivity contribution in [2.45, 2.75) is 31.7 Å². The van der Waals surface area contributed by atoms with Crippen molar-refractivity contribution in [1.82, 2.24) is 9.88 Å². The Morgan fingerprint density at radius 2 is 1.89 bits per heavy atom. The molecule has 0 radical (unpaired) electrons. The zero-order chi connectivity index (χ0) is 20.2. The van der Waals surface area contributed by atoms with Crippen LogP contribution >= 0.6 is 0 Å². The van der Waals surface area contributed by atoms with E-state index in [4.69, 9.17) is 9.26 Å². The molecular weight excluding hydrogens is 374 g/mol. The molecule has 0 bridgehead atoms. The van der Waals surface area contributed by atoms with Crippen LogP contribution in [0, 0.1) is 13.8 Å². The number of anilines is 1. The normalized spacial score (nSPS) is 12.4. The number of sulfonamides is 1. The quantitative estimate of drug-likeness (QED) is 0.699. The first kappa shape index (κ1) is 20.6. The van der Waals surface area contributed by atoms with Gasteiger partial charge < -0.3 is 14.2 Å². The van der Waals surface area contributed by atoms with E-state index in [2.05, 4.69) is 9.88 Å². The summed E-state index contributed by atoms with van der Waals surface area (Å²) in [5.41, 5.74) is 0.825. The molecule has 0 aliphatic rings. The number of amides is 1. The number of carbonyl (C=O) groups excluding carboxylic acids is 2. The zero-order valence-electron chi connectivity index (χ0n) is 15.4. The Hall–Kier alpha value is -2.72. The predicted molar refractivity (Wildman–Crippen MR) is 96.6 cm³/mol. The van der Waals surface area contributed by atoms with Crippen molar-refractivity contribution < 1.29 is 27.3 Å². The van der Waals surface area contributed by atoms with Crippen LogP contribution in [0.25, 0.3) is 0 Å². The fourth-order valence-corrected chi connectivity index (χ4v) is 3.87. The third-order valence-electron chi connectivity index (χ3n) is 3.78. The van der Waals surface area contributed by atoms with E-state index in [1.165, 1.54) is 25.7 Å². The number of nitrogens with one attached hydrogen (secondary N) is 1. The first-order valence-corrected chi connectivity index (χ1v) is 9.55. The number of ether oxygens (including phenoxy) is 1. The fraction of sp³-hybridized carbons (Fsp3) is 0.353. The van der Waals surface area contributed by atoms with Gasteiger partial charge in [-0.3, -0.25) is 9.59 Å². The van der Waals surface area contributed by atoms with E-state index in [1.807, 2.05) is 6.07 Å². The highest BCUT2D eigenvalue weighted by Gasteiger charge is 2.29. The highest BCUT2D eigenvalue weighted by molar-refractivity contribution is 7.89. The summed E-state index contributed by atoms with van der Waals surface area (Å²) in [5, 5.41) is 3.58. The monoisotopic (exact) mass is 395 g/mol. The van der Waals surface area contributed by atoms with Crippen molar-refractivity contribution in [3.8, 4) is 0 Å². The highest BCUT2D eigenvalue weighted by Crippen LogP contribution is 2.19. The molecule has 1 heterocycles. The van der Waals surface area contributed by atoms with Gasteiger partial charge in [0.15, 0.2) is 12.4 Å². The molecule has 1 atom stereocenters. The van der Waals surface area contributed by atoms with Gasteiger partial charge >= 0.3 is 5.97 Å². The van der Waals surface area contributed by atoms with Gasteiger partial charge in [-0.2, -0.15) is 4.72 Å². The SMILES string of the molecule is Cc1noc(C)c1S(=O)(=O)N[C@@H](C)C(=O)OCC(=O)N(C)c1ccccc1. The van der Waals surface area contributed by atoms with E-state index < -0.39 is 34.5 Å². The second kappa shape index (κ2) is 8.31. The largest absolute Gasteiger partial charge is 0.454 e. The Morgan fingerprint density at radius 3 is 2.44 bits per heavy atom. The first-order chi connectivity index (χ1) is 12.6. The van der Waals surface area contributed by atoms with Gasteiger partial charge in [0.25, 0.3) is 5.91 Å². The van der Waals surface area contributed by atoms with Crippen LogP contribution < -0.4 is 9.62 Å². The first-order valence-electron chi connectivity index (χ1n) is 8.07. The van der Waals surface area contributed by atoms with E-state index >= 15 is 0 Å². The van der Waals surface area contributed by atoms with E-state index in [0.29, 0.717) is 5.69 Å². The average Bonchev–Trinajstić information content (AvgIpc) is 2.98. The van der Waals surface area contributed by atoms with E-state index in [-0.39, 0.29) is 16.3 Å². The summed E-state index contributed by atoms with van der Waals surface area (Å²) < 4.78 is 36.7. The van der Waals surface area contributed by atoms with Crippen LogP contribution in [-0.4, -0.2) is 45.1 Å². The van der Waals surface area contributed by atoms with Crippen LogP contribution in [0.5, 0.6) is 0 Å². The third-order valence-corrected chi connectivity index (χ3v) is 5.56. The second-order valence-electron chi connectivity index (χ2n) is 5.89. The Morgan fingerprint density at radius 1 is 1.26 bits per heavy atom. The number of aryl methyl sites for hydroxylation is 2. The number of carbonyl (C=O) groups is 2. The summed E-state index contributed by atoms with van der Waals surface area (Å²) in [4.78, 5) is 25.4. The molecule has 0 unspecified atom stereocenters. The average molecular weight is 395 g/mol. The third kappa shape index (κ3) is 4.92. The second-order valence-corrected chi connectivity index (χ2v) is 7.54. The van der Waals surface area contributed by atoms with Crippen molar-refractivity contribution in [2.24, 2.45) is 0 Å². The molecule has 2 aromatic rings. The number of likely N-dealkylation sites (N-methyl/N-ethyl adjacent to an activating group) is 1. The molecule has 0 aliphatic carbocycles. The smallest absolute Gasteiger partial charge is 0.324 e. The van der Waals surface area contributed by atoms with Gasteiger partial charge in [0.2, 0.25) is 10.0 Å². The molecule has 0 fully saturated rings. The highest BCUT2D eigenvalue weighted by atomic mass is 32.2. The van der Waals surface area contributed by atoms with Gasteiger partial charge in [0, 0.05) is 12.7 Å². The number of hydrogen-bond donors (Lipinski definition) is 1. The number of rotatable bonds is 7. The van der Waals surface area contributed by atoms with Gasteiger partial charge in [0.1, 0.15) is 16.6 Å². The van der Waals surface area contributed by atoms with E-state index in [9.17, 15) is 18.0 Å². The lowest BCUT2D eigenvalue weighted by molar-refractivity contribution is -0.149. The van der Waals surface area contributed by atoms with Crippen molar-refractivity contribution >= 4 is 27.6 Å². The van der Waals surface area contributed by atoms with Crippen molar-refractivity contribution in [3.05, 3.63) is 41.8 Å². The number of nitrogens with zero attached hydrogens (tertiary/aromatic N) is 2. The predicted octanol–water partition coefficient (Wildman–Crippen LogP) is 1.16. The summed E-state index contributed by atoms with van der Waals surface area (Å²) in [6.07, 6.45) is 0. The van der Waals surface area contributed by atoms with Crippen molar-refractivity contribution in [1.29, 1.82) is 0 Å². The van der Waals surface area contributed by atoms with E-state index in [1.54, 1.807) is 31.3 Å². The molecule has 1 amide bonds. The molecule has 27 heavy (non-hydrogen) atoms. The molecule has 1 aromatic heterocycles. The molecule has 1 N–H and O–H groups in total. The number of aromatic nitrogens is 1. The minimum atomic E-state index is -4.02. The minimum Gasteiger partial charge on any atom is -0.454 e. The molecule has 9 nitrogen and oxygen atoms in total. The van der Waals surface area contributed by atoms with Gasteiger partial charge in [-0.05, 0) is 32.9 Å². The number of benzene rings is 1. The zero-order valence-corrected chi connectivity index (χ0v) is 16.2. The molecule has 0 spiro atoms. The Bertz CT molecular complexity index is 904. The minimum absolute atomic E-state index is 0.111. The molecule has 0 saturated carbocycles. The number of esters is 1. The lowest BCUT2D eigenvalue weighted by Gasteiger charge is -2.18. The lowest BCUT2D eigenvalue weighted by Crippen LogP contribution is -2.41. The molecule has 0 saturated heterocycles. The summed E-state index contributed by atoms with van der Waals surface area (Å²) in [5.74, 6) is -1.21. The molecule has 1 aromatic carbocycles. The molecule has 146 valence electrons. The Kier molecular flexibility index (Phi) is 6.34. The molecule has 0 aliphatic heterocycles. The van der Waals surface area contributed by atoms with Crippen LogP contribution in [-0.2, 0) is 24.3 Å². The maximum Gasteiger partial charge on any atom is 0.324 e. The van der Waals surface area contributed by atoms with Crippen LogP contribution in [0.2, 0.25) is 0 Å². The van der Waals surface area contributed by atoms with Gasteiger partial charge in [-0.15, -0.1) is 0 Å². The molecule has 2 rings (SSSR count). The van der Waals surface area contributed by atoms with Crippen molar-refractivity contribution in [2.75, 3.05) is 18.6 Å². The number of para-hydroxylation sites is 1. The van der Waals surface area contributed by atoms with Crippen molar-refractivity contribution in [3.63, 3.8) is 0 Å². The fourth-order valence-electron chi connectivity index (χ4n) is 2.35. The van der Waals surface area contributed by atoms with Crippen LogP contribution in [0.15, 0.2) is 39.8 Å².